The number of rotatable bonds is 6. The summed E-state index contributed by atoms with van der Waals surface area (Å²) in [6.45, 7) is 1.89. The number of fused-ring (bicyclic) bond motifs is 1. The number of benzene rings is 2. The molecule has 0 aliphatic heterocycles. The summed E-state index contributed by atoms with van der Waals surface area (Å²) < 4.78 is 5.18. The van der Waals surface area contributed by atoms with Crippen molar-refractivity contribution in [3.05, 3.63) is 59.7 Å². The van der Waals surface area contributed by atoms with Crippen molar-refractivity contribution in [1.29, 1.82) is 0 Å². The number of nitrogens with one attached hydrogen (secondary N) is 2. The highest BCUT2D eigenvalue weighted by molar-refractivity contribution is 8.00. The Morgan fingerprint density at radius 1 is 1.24 bits per heavy atom. The van der Waals surface area contributed by atoms with Gasteiger partial charge in [-0.1, -0.05) is 36.0 Å². The molecule has 2 N–H and O–H groups in total. The molecule has 1 aliphatic rings. The third-order valence-electron chi connectivity index (χ3n) is 5.17. The predicted molar refractivity (Wildman–Crippen MR) is 114 cm³/mol. The number of aromatic amines is 1. The molecule has 6 nitrogen and oxygen atoms in total. The number of nitrogens with zero attached hydrogens (tertiary/aromatic N) is 2. The lowest BCUT2D eigenvalue weighted by Gasteiger charge is -2.27. The molecular weight excluding hydrogens is 384 g/mol. The molecule has 0 spiro atoms. The first kappa shape index (κ1) is 19.5. The first-order valence-corrected chi connectivity index (χ1v) is 10.6. The Labute approximate surface area is 174 Å². The van der Waals surface area contributed by atoms with Crippen molar-refractivity contribution in [3.8, 4) is 17.1 Å². The van der Waals surface area contributed by atoms with Gasteiger partial charge in [0.15, 0.2) is 5.82 Å². The average Bonchev–Trinajstić information content (AvgIpc) is 3.22. The maximum absolute atomic E-state index is 12.8. The predicted octanol–water partition coefficient (Wildman–Crippen LogP) is 4.15. The summed E-state index contributed by atoms with van der Waals surface area (Å²) in [7, 11) is 1.64. The summed E-state index contributed by atoms with van der Waals surface area (Å²) in [5.41, 5.74) is 3.49. The Morgan fingerprint density at radius 3 is 2.83 bits per heavy atom. The van der Waals surface area contributed by atoms with Crippen LogP contribution in [0.1, 0.15) is 36.9 Å². The van der Waals surface area contributed by atoms with Crippen molar-refractivity contribution in [1.82, 2.24) is 20.5 Å². The molecule has 29 heavy (non-hydrogen) atoms. The van der Waals surface area contributed by atoms with Gasteiger partial charge in [0.2, 0.25) is 11.1 Å². The monoisotopic (exact) mass is 408 g/mol. The van der Waals surface area contributed by atoms with E-state index in [1.165, 1.54) is 22.9 Å². The number of carbonyl (C=O) groups excluding carboxylic acids is 1. The van der Waals surface area contributed by atoms with Gasteiger partial charge in [-0.15, -0.1) is 5.10 Å². The molecule has 0 saturated heterocycles. The molecule has 1 heterocycles. The van der Waals surface area contributed by atoms with E-state index in [1.54, 1.807) is 7.11 Å². The van der Waals surface area contributed by atoms with Crippen LogP contribution in [-0.2, 0) is 11.2 Å². The van der Waals surface area contributed by atoms with Gasteiger partial charge in [-0.25, -0.2) is 4.98 Å². The van der Waals surface area contributed by atoms with E-state index < -0.39 is 0 Å². The van der Waals surface area contributed by atoms with Gasteiger partial charge >= 0.3 is 0 Å². The number of methoxy groups -OCH3 is 1. The van der Waals surface area contributed by atoms with E-state index in [4.69, 9.17) is 4.74 Å². The van der Waals surface area contributed by atoms with Gasteiger partial charge in [0.1, 0.15) is 5.75 Å². The van der Waals surface area contributed by atoms with E-state index in [0.29, 0.717) is 11.0 Å². The molecule has 4 rings (SSSR count). The van der Waals surface area contributed by atoms with Crippen LogP contribution in [0.15, 0.2) is 53.7 Å². The standard InChI is InChI=1S/C22H24N4O2S/c1-14(21(27)23-19-9-5-7-15-6-3-4-8-18(15)19)29-22-24-20(25-26-22)16-10-12-17(28-2)13-11-16/h3-4,6,8,10-14,19H,5,7,9H2,1-2H3,(H,23,27)(H,24,25,26)/t14-,19-/m1/s1. The zero-order valence-corrected chi connectivity index (χ0v) is 17.3. The fraction of sp³-hybridized carbons (Fsp3) is 0.318. The molecule has 150 valence electrons. The quantitative estimate of drug-likeness (QED) is 0.599. The molecule has 1 aromatic heterocycles. The number of H-pyrrole nitrogens is 1. The van der Waals surface area contributed by atoms with Gasteiger partial charge in [0, 0.05) is 5.56 Å². The second-order valence-electron chi connectivity index (χ2n) is 7.11. The van der Waals surface area contributed by atoms with Gasteiger partial charge in [-0.3, -0.25) is 9.89 Å². The number of carbonyl (C=O) groups is 1. The van der Waals surface area contributed by atoms with E-state index >= 15 is 0 Å². The lowest BCUT2D eigenvalue weighted by Crippen LogP contribution is -2.35. The van der Waals surface area contributed by atoms with E-state index in [1.807, 2.05) is 37.3 Å². The number of ether oxygens (including phenoxy) is 1. The van der Waals surface area contributed by atoms with Crippen LogP contribution in [0.2, 0.25) is 0 Å². The Kier molecular flexibility index (Phi) is 5.85. The Morgan fingerprint density at radius 2 is 2.03 bits per heavy atom. The molecule has 0 saturated carbocycles. The van der Waals surface area contributed by atoms with Crippen molar-refractivity contribution in [2.24, 2.45) is 0 Å². The minimum atomic E-state index is -0.288. The fourth-order valence-corrected chi connectivity index (χ4v) is 4.32. The SMILES string of the molecule is COc1ccc(-c2nc(S[C@H](C)C(=O)N[C@@H]3CCCc4ccccc43)n[nH]2)cc1. The molecule has 0 unspecified atom stereocenters. The average molecular weight is 409 g/mol. The molecule has 7 heteroatoms. The molecule has 0 bridgehead atoms. The van der Waals surface area contributed by atoms with Crippen LogP contribution in [0.5, 0.6) is 5.75 Å². The Balaban J connectivity index is 1.39. The van der Waals surface area contributed by atoms with Gasteiger partial charge in [-0.2, -0.15) is 0 Å². The summed E-state index contributed by atoms with van der Waals surface area (Å²) in [5, 5.41) is 10.7. The minimum Gasteiger partial charge on any atom is -0.497 e. The van der Waals surface area contributed by atoms with E-state index in [2.05, 4.69) is 38.7 Å². The smallest absolute Gasteiger partial charge is 0.233 e. The highest BCUT2D eigenvalue weighted by atomic mass is 32.2. The van der Waals surface area contributed by atoms with E-state index in [0.717, 1.165) is 30.6 Å². The summed E-state index contributed by atoms with van der Waals surface area (Å²) in [4.78, 5) is 17.3. The van der Waals surface area contributed by atoms with Gasteiger partial charge in [0.05, 0.1) is 18.4 Å². The normalized spacial score (nSPS) is 16.7. The minimum absolute atomic E-state index is 0.00694. The second-order valence-corrected chi connectivity index (χ2v) is 8.42. The third-order valence-corrected chi connectivity index (χ3v) is 6.13. The topological polar surface area (TPSA) is 79.9 Å². The van der Waals surface area contributed by atoms with Crippen LogP contribution >= 0.6 is 11.8 Å². The molecule has 2 aromatic carbocycles. The third kappa shape index (κ3) is 4.45. The number of hydrogen-bond acceptors (Lipinski definition) is 5. The molecular formula is C22H24N4O2S. The first-order valence-electron chi connectivity index (χ1n) is 9.75. The summed E-state index contributed by atoms with van der Waals surface area (Å²) in [6.07, 6.45) is 3.15. The van der Waals surface area contributed by atoms with Crippen molar-refractivity contribution in [2.45, 2.75) is 42.6 Å². The van der Waals surface area contributed by atoms with E-state index in [-0.39, 0.29) is 17.2 Å². The van der Waals surface area contributed by atoms with Gasteiger partial charge in [-0.05, 0) is 61.6 Å². The number of aromatic nitrogens is 3. The van der Waals surface area contributed by atoms with E-state index in [9.17, 15) is 4.79 Å². The zero-order valence-electron chi connectivity index (χ0n) is 16.5. The summed E-state index contributed by atoms with van der Waals surface area (Å²) in [5.74, 6) is 1.47. The molecule has 0 radical (unpaired) electrons. The number of hydrogen-bond donors (Lipinski definition) is 2. The number of thioether (sulfide) groups is 1. The van der Waals surface area contributed by atoms with Crippen LogP contribution in [0.4, 0.5) is 0 Å². The first-order chi connectivity index (χ1) is 14.1. The lowest BCUT2D eigenvalue weighted by atomic mass is 9.88. The highest BCUT2D eigenvalue weighted by Gasteiger charge is 2.24. The zero-order chi connectivity index (χ0) is 20.2. The molecule has 0 fully saturated rings. The maximum Gasteiger partial charge on any atom is 0.233 e. The van der Waals surface area contributed by atoms with Crippen molar-refractivity contribution >= 4 is 17.7 Å². The molecule has 2 atom stereocenters. The van der Waals surface area contributed by atoms with Crippen LogP contribution in [0.3, 0.4) is 0 Å². The fourth-order valence-electron chi connectivity index (χ4n) is 3.58. The van der Waals surface area contributed by atoms with Crippen molar-refractivity contribution in [2.75, 3.05) is 7.11 Å². The van der Waals surface area contributed by atoms with Crippen molar-refractivity contribution < 1.29 is 9.53 Å². The Hall–Kier alpha value is -2.80. The van der Waals surface area contributed by atoms with Crippen LogP contribution in [0.25, 0.3) is 11.4 Å². The van der Waals surface area contributed by atoms with Crippen LogP contribution < -0.4 is 10.1 Å². The van der Waals surface area contributed by atoms with Crippen LogP contribution in [-0.4, -0.2) is 33.4 Å². The van der Waals surface area contributed by atoms with Crippen LogP contribution in [0, 0.1) is 0 Å². The lowest BCUT2D eigenvalue weighted by molar-refractivity contribution is -0.121. The summed E-state index contributed by atoms with van der Waals surface area (Å²) in [6, 6.07) is 16.0. The Bertz CT molecular complexity index is 986. The number of amides is 1. The maximum atomic E-state index is 12.8. The highest BCUT2D eigenvalue weighted by Crippen LogP contribution is 2.30. The van der Waals surface area contributed by atoms with Gasteiger partial charge < -0.3 is 10.1 Å². The molecule has 3 aromatic rings. The summed E-state index contributed by atoms with van der Waals surface area (Å²) >= 11 is 1.35. The number of aryl methyl sites for hydroxylation is 1. The second kappa shape index (κ2) is 8.69. The molecule has 1 aliphatic carbocycles. The van der Waals surface area contributed by atoms with Crippen molar-refractivity contribution in [3.63, 3.8) is 0 Å². The molecule has 1 amide bonds. The van der Waals surface area contributed by atoms with Gasteiger partial charge in [0.25, 0.3) is 0 Å². The largest absolute Gasteiger partial charge is 0.497 e.